The predicted octanol–water partition coefficient (Wildman–Crippen LogP) is 5.19. The van der Waals surface area contributed by atoms with Crippen molar-refractivity contribution in [2.75, 3.05) is 12.8 Å². The van der Waals surface area contributed by atoms with E-state index in [1.807, 2.05) is 32.0 Å². The molecule has 5 nitrogen and oxygen atoms in total. The summed E-state index contributed by atoms with van der Waals surface area (Å²) in [7, 11) is -3.29. The number of unbranched alkanes of at least 4 members (excludes halogenated alkanes) is 1. The van der Waals surface area contributed by atoms with Crippen molar-refractivity contribution in [1.82, 2.24) is 0 Å². The van der Waals surface area contributed by atoms with Crippen molar-refractivity contribution in [2.45, 2.75) is 59.7 Å². The summed E-state index contributed by atoms with van der Waals surface area (Å²) in [4.78, 5) is 11.6. The quantitative estimate of drug-likeness (QED) is 0.219. The molecule has 2 unspecified atom stereocenters. The van der Waals surface area contributed by atoms with E-state index in [4.69, 9.17) is 13.8 Å². The lowest BCUT2D eigenvalue weighted by molar-refractivity contribution is -0.170. The minimum Gasteiger partial charge on any atom is -0.435 e. The minimum atomic E-state index is -3.29. The second-order valence-corrected chi connectivity index (χ2v) is 8.39. The third kappa shape index (κ3) is 8.66. The molecule has 0 aromatic heterocycles. The molecule has 0 aliphatic heterocycles. The molecule has 0 saturated heterocycles. The van der Waals surface area contributed by atoms with Gasteiger partial charge in [-0.2, -0.15) is 0 Å². The maximum absolute atomic E-state index is 13.0. The maximum Gasteiger partial charge on any atom is 0.333 e. The van der Waals surface area contributed by atoms with Crippen molar-refractivity contribution >= 4 is 13.6 Å². The molecular formula is C19H31O5P. The van der Waals surface area contributed by atoms with E-state index in [0.29, 0.717) is 12.8 Å². The van der Waals surface area contributed by atoms with E-state index in [9.17, 15) is 9.36 Å². The number of carbonyl (C=O) groups excluding carboxylic acids is 1. The van der Waals surface area contributed by atoms with Gasteiger partial charge in [-0.15, -0.1) is 0 Å². The fraction of sp³-hybridized carbons (Fsp3) is 0.632. The van der Waals surface area contributed by atoms with Gasteiger partial charge in [0.2, 0.25) is 6.29 Å². The van der Waals surface area contributed by atoms with Gasteiger partial charge in [0.15, 0.2) is 0 Å². The fourth-order valence-corrected chi connectivity index (χ4v) is 4.18. The molecule has 0 spiro atoms. The number of esters is 1. The standard InChI is InChI=1S/C19H31O5P/c1-5-18(20)23-19(16(3)4)24-25(21,22-6-2)15-11-10-14-17-12-8-7-9-13-17/h7-9,12-13,16,19H,5-6,10-11,14-15H2,1-4H3. The number of benzene rings is 1. The zero-order chi connectivity index (χ0) is 18.7. The molecule has 0 fully saturated rings. The Labute approximate surface area is 151 Å². The van der Waals surface area contributed by atoms with Crippen LogP contribution in [0.4, 0.5) is 0 Å². The molecule has 2 atom stereocenters. The van der Waals surface area contributed by atoms with Crippen LogP contribution in [0.1, 0.15) is 52.5 Å². The van der Waals surface area contributed by atoms with Crippen molar-refractivity contribution in [3.8, 4) is 0 Å². The van der Waals surface area contributed by atoms with Crippen molar-refractivity contribution in [3.63, 3.8) is 0 Å². The predicted molar refractivity (Wildman–Crippen MR) is 99.6 cm³/mol. The summed E-state index contributed by atoms with van der Waals surface area (Å²) in [6.45, 7) is 7.51. The van der Waals surface area contributed by atoms with Gasteiger partial charge in [-0.3, -0.25) is 13.9 Å². The van der Waals surface area contributed by atoms with E-state index in [1.165, 1.54) is 5.56 Å². The first-order valence-electron chi connectivity index (χ1n) is 9.05. The molecule has 0 heterocycles. The Morgan fingerprint density at radius 3 is 2.36 bits per heavy atom. The lowest BCUT2D eigenvalue weighted by Gasteiger charge is -2.26. The summed E-state index contributed by atoms with van der Waals surface area (Å²) in [5, 5.41) is 0. The highest BCUT2D eigenvalue weighted by molar-refractivity contribution is 7.53. The number of aryl methyl sites for hydroxylation is 1. The summed E-state index contributed by atoms with van der Waals surface area (Å²) in [5.74, 6) is -0.473. The van der Waals surface area contributed by atoms with Gasteiger partial charge in [0.1, 0.15) is 0 Å². The molecule has 0 aliphatic carbocycles. The maximum atomic E-state index is 13.0. The fourth-order valence-electron chi connectivity index (χ4n) is 2.27. The lowest BCUT2D eigenvalue weighted by atomic mass is 10.1. The van der Waals surface area contributed by atoms with Gasteiger partial charge in [-0.1, -0.05) is 51.1 Å². The van der Waals surface area contributed by atoms with E-state index >= 15 is 0 Å². The first-order valence-corrected chi connectivity index (χ1v) is 10.8. The molecule has 142 valence electrons. The second kappa shape index (κ2) is 11.5. The molecule has 1 aromatic rings. The largest absolute Gasteiger partial charge is 0.435 e. The Morgan fingerprint density at radius 1 is 1.12 bits per heavy atom. The van der Waals surface area contributed by atoms with Gasteiger partial charge in [0, 0.05) is 12.3 Å². The molecule has 0 N–H and O–H groups in total. The van der Waals surface area contributed by atoms with Gasteiger partial charge < -0.3 is 9.26 Å². The van der Waals surface area contributed by atoms with E-state index in [-0.39, 0.29) is 18.3 Å². The van der Waals surface area contributed by atoms with Crippen molar-refractivity contribution in [2.24, 2.45) is 5.92 Å². The number of hydrogen-bond acceptors (Lipinski definition) is 5. The van der Waals surface area contributed by atoms with Gasteiger partial charge in [-0.05, 0) is 31.7 Å². The van der Waals surface area contributed by atoms with Crippen LogP contribution in [0.25, 0.3) is 0 Å². The van der Waals surface area contributed by atoms with Crippen LogP contribution in [0, 0.1) is 5.92 Å². The average molecular weight is 370 g/mol. The van der Waals surface area contributed by atoms with Gasteiger partial charge in [0.25, 0.3) is 0 Å². The third-order valence-electron chi connectivity index (χ3n) is 3.66. The average Bonchev–Trinajstić information content (AvgIpc) is 2.59. The summed E-state index contributed by atoms with van der Waals surface area (Å²) < 4.78 is 29.3. The number of rotatable bonds is 12. The van der Waals surface area contributed by atoms with Crippen LogP contribution < -0.4 is 0 Å². The Bertz CT molecular complexity index is 544. The summed E-state index contributed by atoms with van der Waals surface area (Å²) >= 11 is 0. The first kappa shape index (κ1) is 21.9. The van der Waals surface area contributed by atoms with Crippen molar-refractivity contribution < 1.29 is 23.1 Å². The normalized spacial score (nSPS) is 14.9. The van der Waals surface area contributed by atoms with Gasteiger partial charge in [-0.25, -0.2) is 0 Å². The molecule has 0 bridgehead atoms. The third-order valence-corrected chi connectivity index (χ3v) is 5.71. The smallest absolute Gasteiger partial charge is 0.333 e. The second-order valence-electron chi connectivity index (χ2n) is 6.26. The monoisotopic (exact) mass is 370 g/mol. The SMILES string of the molecule is CCOP(=O)(CCCCc1ccccc1)OC(OC(=O)CC)C(C)C. The van der Waals surface area contributed by atoms with Crippen molar-refractivity contribution in [1.29, 1.82) is 0 Å². The van der Waals surface area contributed by atoms with E-state index < -0.39 is 13.9 Å². The molecule has 0 amide bonds. The zero-order valence-electron chi connectivity index (χ0n) is 15.8. The molecule has 0 saturated carbocycles. The molecule has 1 rings (SSSR count). The number of hydrogen-bond donors (Lipinski definition) is 0. The molecular weight excluding hydrogens is 339 g/mol. The highest BCUT2D eigenvalue weighted by Crippen LogP contribution is 2.51. The zero-order valence-corrected chi connectivity index (χ0v) is 16.7. The summed E-state index contributed by atoms with van der Waals surface area (Å²) in [6.07, 6.45) is 2.26. The Hall–Kier alpha value is -1.16. The van der Waals surface area contributed by atoms with Crippen LogP contribution >= 0.6 is 7.60 Å². The van der Waals surface area contributed by atoms with Crippen LogP contribution in [0.15, 0.2) is 30.3 Å². The molecule has 1 aromatic carbocycles. The van der Waals surface area contributed by atoms with Gasteiger partial charge in [0.05, 0.1) is 12.8 Å². The van der Waals surface area contributed by atoms with Crippen LogP contribution in [0.2, 0.25) is 0 Å². The van der Waals surface area contributed by atoms with Crippen LogP contribution in [0.3, 0.4) is 0 Å². The number of carbonyl (C=O) groups is 1. The Morgan fingerprint density at radius 2 is 1.80 bits per heavy atom. The molecule has 25 heavy (non-hydrogen) atoms. The van der Waals surface area contributed by atoms with E-state index in [1.54, 1.807) is 13.8 Å². The topological polar surface area (TPSA) is 61.8 Å². The minimum absolute atomic E-state index is 0.103. The molecule has 6 heteroatoms. The van der Waals surface area contributed by atoms with Crippen LogP contribution in [0.5, 0.6) is 0 Å². The highest BCUT2D eigenvalue weighted by Gasteiger charge is 2.31. The lowest BCUT2D eigenvalue weighted by Crippen LogP contribution is -2.26. The van der Waals surface area contributed by atoms with E-state index in [2.05, 4.69) is 12.1 Å². The first-order chi connectivity index (χ1) is 11.9. The number of ether oxygens (including phenoxy) is 1. The molecule has 0 aliphatic rings. The summed E-state index contributed by atoms with van der Waals surface area (Å²) in [6, 6.07) is 10.2. The van der Waals surface area contributed by atoms with E-state index in [0.717, 1.165) is 19.3 Å². The Balaban J connectivity index is 2.58. The summed E-state index contributed by atoms with van der Waals surface area (Å²) in [5.41, 5.74) is 1.26. The van der Waals surface area contributed by atoms with Crippen molar-refractivity contribution in [3.05, 3.63) is 35.9 Å². The highest BCUT2D eigenvalue weighted by atomic mass is 31.2. The van der Waals surface area contributed by atoms with Crippen LogP contribution in [-0.2, 0) is 29.6 Å². The Kier molecular flexibility index (Phi) is 10.0. The van der Waals surface area contributed by atoms with Crippen LogP contribution in [-0.4, -0.2) is 25.0 Å². The molecule has 0 radical (unpaired) electrons. The van der Waals surface area contributed by atoms with Gasteiger partial charge >= 0.3 is 13.6 Å².